The molecule has 46 heavy (non-hydrogen) atoms. The Balaban J connectivity index is 1.18. The molecule has 212 valence electrons. The normalized spacial score (nSPS) is 12.3. The van der Waals surface area contributed by atoms with Gasteiger partial charge >= 0.3 is 0 Å². The second-order valence-electron chi connectivity index (χ2n) is 12.2. The molecule has 0 saturated carbocycles. The molecule has 4 heterocycles. The first-order chi connectivity index (χ1) is 22.8. The Morgan fingerprint density at radius 3 is 2.13 bits per heavy atom. The zero-order chi connectivity index (χ0) is 29.9. The zero-order valence-electron chi connectivity index (χ0n) is 24.5. The number of rotatable bonds is 1. The minimum atomic E-state index is 0.861. The molecule has 10 aromatic rings. The number of furan rings is 1. The SMILES string of the molecule is c1ccc2c(c1)-c1nc3ccccc3nc1-n1c3ccc(-c4ccc5c(c4)oc4c6ccccc6ccc54)cc3c3cccc-2c31. The van der Waals surface area contributed by atoms with E-state index in [1.54, 1.807) is 0 Å². The van der Waals surface area contributed by atoms with Crippen molar-refractivity contribution in [3.8, 4) is 39.3 Å². The highest BCUT2D eigenvalue weighted by molar-refractivity contribution is 6.18. The Bertz CT molecular complexity index is 2930. The van der Waals surface area contributed by atoms with Crippen LogP contribution >= 0.6 is 0 Å². The molecule has 4 heteroatoms. The number of para-hydroxylation sites is 3. The maximum atomic E-state index is 6.53. The largest absolute Gasteiger partial charge is 0.455 e. The summed E-state index contributed by atoms with van der Waals surface area (Å²) in [6, 6.07) is 49.5. The van der Waals surface area contributed by atoms with Crippen molar-refractivity contribution >= 4 is 65.6 Å². The summed E-state index contributed by atoms with van der Waals surface area (Å²) in [6.45, 7) is 0. The molecule has 7 aromatic carbocycles. The van der Waals surface area contributed by atoms with Gasteiger partial charge in [0.25, 0.3) is 0 Å². The monoisotopic (exact) mass is 585 g/mol. The van der Waals surface area contributed by atoms with E-state index in [1.165, 1.54) is 27.3 Å². The van der Waals surface area contributed by atoms with Crippen molar-refractivity contribution in [2.24, 2.45) is 0 Å². The first-order valence-corrected chi connectivity index (χ1v) is 15.6. The number of hydrogen-bond acceptors (Lipinski definition) is 3. The van der Waals surface area contributed by atoms with Crippen LogP contribution in [0.1, 0.15) is 0 Å². The van der Waals surface area contributed by atoms with Gasteiger partial charge in [-0.2, -0.15) is 0 Å². The van der Waals surface area contributed by atoms with Crippen LogP contribution in [0.3, 0.4) is 0 Å². The van der Waals surface area contributed by atoms with Gasteiger partial charge in [-0.3, -0.25) is 4.57 Å². The van der Waals surface area contributed by atoms with Crippen molar-refractivity contribution in [3.63, 3.8) is 0 Å². The van der Waals surface area contributed by atoms with Crippen molar-refractivity contribution in [1.82, 2.24) is 14.5 Å². The van der Waals surface area contributed by atoms with Gasteiger partial charge in [0, 0.05) is 38.1 Å². The average molecular weight is 586 g/mol. The molecule has 0 spiro atoms. The van der Waals surface area contributed by atoms with E-state index >= 15 is 0 Å². The van der Waals surface area contributed by atoms with Gasteiger partial charge in [-0.15, -0.1) is 0 Å². The Morgan fingerprint density at radius 2 is 1.20 bits per heavy atom. The van der Waals surface area contributed by atoms with Gasteiger partial charge < -0.3 is 4.42 Å². The maximum Gasteiger partial charge on any atom is 0.165 e. The number of fused-ring (bicyclic) bond motifs is 14. The molecule has 0 atom stereocenters. The highest BCUT2D eigenvalue weighted by Gasteiger charge is 2.26. The van der Waals surface area contributed by atoms with E-state index in [-0.39, 0.29) is 0 Å². The van der Waals surface area contributed by atoms with Gasteiger partial charge in [-0.25, -0.2) is 9.97 Å². The number of aromatic nitrogens is 3. The fourth-order valence-electron chi connectivity index (χ4n) is 7.62. The van der Waals surface area contributed by atoms with Gasteiger partial charge in [0.15, 0.2) is 5.82 Å². The molecule has 1 aliphatic heterocycles. The van der Waals surface area contributed by atoms with E-state index in [2.05, 4.69) is 120 Å². The molecule has 0 saturated heterocycles. The zero-order valence-corrected chi connectivity index (χ0v) is 24.5. The topological polar surface area (TPSA) is 43.9 Å². The third-order valence-electron chi connectivity index (χ3n) is 9.72. The van der Waals surface area contributed by atoms with Crippen molar-refractivity contribution in [2.45, 2.75) is 0 Å². The molecule has 0 radical (unpaired) electrons. The van der Waals surface area contributed by atoms with Crippen LogP contribution < -0.4 is 0 Å². The second kappa shape index (κ2) is 8.68. The standard InChI is InChI=1S/C42H23N3O/c1-2-9-27-24(8-1)16-20-33-29-19-17-26(23-38(29)46-41(27)33)25-18-21-37-34(22-25)32-13-7-12-31-28-10-3-4-11-30(28)39-42(45(37)40(31)32)44-36-15-6-5-14-35(36)43-39/h1-23H. The van der Waals surface area contributed by atoms with Crippen LogP contribution in [0.2, 0.25) is 0 Å². The van der Waals surface area contributed by atoms with Crippen LogP contribution in [0.5, 0.6) is 0 Å². The summed E-state index contributed by atoms with van der Waals surface area (Å²) in [5, 5.41) is 6.99. The van der Waals surface area contributed by atoms with Crippen molar-refractivity contribution in [1.29, 1.82) is 0 Å². The molecule has 4 nitrogen and oxygen atoms in total. The van der Waals surface area contributed by atoms with Gasteiger partial charge in [-0.05, 0) is 64.5 Å². The minimum Gasteiger partial charge on any atom is -0.455 e. The smallest absolute Gasteiger partial charge is 0.165 e. The summed E-state index contributed by atoms with van der Waals surface area (Å²) in [5.41, 5.74) is 12.5. The summed E-state index contributed by atoms with van der Waals surface area (Å²) in [7, 11) is 0. The molecular formula is C42H23N3O. The predicted octanol–water partition coefficient (Wildman–Crippen LogP) is 11.1. The third kappa shape index (κ3) is 3.12. The van der Waals surface area contributed by atoms with Crippen molar-refractivity contribution < 1.29 is 4.42 Å². The van der Waals surface area contributed by atoms with Crippen LogP contribution in [-0.4, -0.2) is 14.5 Å². The van der Waals surface area contributed by atoms with E-state index in [4.69, 9.17) is 14.4 Å². The lowest BCUT2D eigenvalue weighted by molar-refractivity contribution is 0.673. The van der Waals surface area contributed by atoms with Crippen LogP contribution in [0.15, 0.2) is 144 Å². The van der Waals surface area contributed by atoms with Gasteiger partial charge in [-0.1, -0.05) is 97.1 Å². The van der Waals surface area contributed by atoms with E-state index < -0.39 is 0 Å². The van der Waals surface area contributed by atoms with Gasteiger partial charge in [0.2, 0.25) is 0 Å². The minimum absolute atomic E-state index is 0.861. The Morgan fingerprint density at radius 1 is 0.478 bits per heavy atom. The van der Waals surface area contributed by atoms with E-state index in [0.29, 0.717) is 0 Å². The molecule has 0 N–H and O–H groups in total. The predicted molar refractivity (Wildman–Crippen MR) is 189 cm³/mol. The molecule has 11 rings (SSSR count). The Hall–Kier alpha value is -6.26. The lowest BCUT2D eigenvalue weighted by Crippen LogP contribution is -2.02. The third-order valence-corrected chi connectivity index (χ3v) is 9.72. The summed E-state index contributed by atoms with van der Waals surface area (Å²) >= 11 is 0. The second-order valence-corrected chi connectivity index (χ2v) is 12.2. The van der Waals surface area contributed by atoms with Crippen LogP contribution in [-0.2, 0) is 0 Å². The molecule has 3 aromatic heterocycles. The molecule has 0 aliphatic carbocycles. The van der Waals surface area contributed by atoms with E-state index in [1.807, 2.05) is 24.3 Å². The lowest BCUT2D eigenvalue weighted by Gasteiger charge is -2.12. The molecular weight excluding hydrogens is 562 g/mol. The number of nitrogens with zero attached hydrogens (tertiary/aromatic N) is 3. The van der Waals surface area contributed by atoms with Crippen molar-refractivity contribution in [2.75, 3.05) is 0 Å². The molecule has 0 fully saturated rings. The lowest BCUT2D eigenvalue weighted by atomic mass is 9.96. The summed E-state index contributed by atoms with van der Waals surface area (Å²) < 4.78 is 8.86. The molecule has 0 amide bonds. The van der Waals surface area contributed by atoms with E-state index in [9.17, 15) is 0 Å². The van der Waals surface area contributed by atoms with Crippen molar-refractivity contribution in [3.05, 3.63) is 140 Å². The number of hydrogen-bond donors (Lipinski definition) is 0. The Labute approximate surface area is 262 Å². The highest BCUT2D eigenvalue weighted by Crippen LogP contribution is 2.46. The fourth-order valence-corrected chi connectivity index (χ4v) is 7.62. The maximum absolute atomic E-state index is 6.53. The van der Waals surface area contributed by atoms with Crippen LogP contribution in [0, 0.1) is 0 Å². The summed E-state index contributed by atoms with van der Waals surface area (Å²) in [4.78, 5) is 10.5. The Kier molecular flexibility index (Phi) is 4.55. The molecule has 0 unspecified atom stereocenters. The average Bonchev–Trinajstić information content (AvgIpc) is 3.63. The molecule has 0 bridgehead atoms. The quantitative estimate of drug-likeness (QED) is 0.192. The molecule has 1 aliphatic rings. The van der Waals surface area contributed by atoms with Crippen LogP contribution in [0.4, 0.5) is 0 Å². The van der Waals surface area contributed by atoms with Gasteiger partial charge in [0.05, 0.1) is 22.1 Å². The fraction of sp³-hybridized carbons (Fsp3) is 0. The summed E-state index contributed by atoms with van der Waals surface area (Å²) in [6.07, 6.45) is 0. The van der Waals surface area contributed by atoms with E-state index in [0.717, 1.165) is 77.6 Å². The van der Waals surface area contributed by atoms with Gasteiger partial charge in [0.1, 0.15) is 16.9 Å². The first kappa shape index (κ1) is 24.1. The van der Waals surface area contributed by atoms with Crippen LogP contribution in [0.25, 0.3) is 105 Å². The number of benzene rings is 7. The summed E-state index contributed by atoms with van der Waals surface area (Å²) in [5.74, 6) is 0.861. The first-order valence-electron chi connectivity index (χ1n) is 15.6. The highest BCUT2D eigenvalue weighted by atomic mass is 16.3.